The lowest BCUT2D eigenvalue weighted by Crippen LogP contribution is -1.73. The number of aryl methyl sites for hydroxylation is 1. The molecular weight excluding hydrogens is 344 g/mol. The largest absolute Gasteiger partial charge is 0.463 e. The van der Waals surface area contributed by atoms with Crippen molar-refractivity contribution in [1.29, 1.82) is 0 Å². The lowest BCUT2D eigenvalue weighted by Gasteiger charge is -1.80. The topological polar surface area (TPSA) is 64.7 Å². The summed E-state index contributed by atoms with van der Waals surface area (Å²) in [6.07, 6.45) is 9.72. The Morgan fingerprint density at radius 3 is 1.96 bits per heavy atom. The summed E-state index contributed by atoms with van der Waals surface area (Å²) in [7, 11) is 0. The molecule has 5 nitrogen and oxygen atoms in total. The number of rotatable bonds is 0. The van der Waals surface area contributed by atoms with Gasteiger partial charge in [0, 0.05) is 15.6 Å². The molecule has 0 spiro atoms. The number of fused-ring (bicyclic) bond motifs is 2. The Kier molecular flexibility index (Phi) is 13.6. The van der Waals surface area contributed by atoms with Gasteiger partial charge < -0.3 is 4.42 Å². The van der Waals surface area contributed by atoms with Gasteiger partial charge in [0.15, 0.2) is 5.58 Å². The van der Waals surface area contributed by atoms with Gasteiger partial charge in [0.2, 0.25) is 0 Å². The third-order valence-corrected chi connectivity index (χ3v) is 3.52. The molecular formula is C20H30N4OS. The molecule has 6 heteroatoms. The Labute approximate surface area is 160 Å². The summed E-state index contributed by atoms with van der Waals surface area (Å²) in [5, 5.41) is 17.1. The van der Waals surface area contributed by atoms with Crippen LogP contribution in [0, 0.1) is 6.92 Å². The molecule has 0 atom stereocenters. The summed E-state index contributed by atoms with van der Waals surface area (Å²) in [5.74, 6) is 0. The molecule has 0 saturated carbocycles. The highest BCUT2D eigenvalue weighted by atomic mass is 32.1. The molecule has 0 radical (unpaired) electrons. The fourth-order valence-electron chi connectivity index (χ4n) is 1.66. The molecule has 0 saturated heterocycles. The van der Waals surface area contributed by atoms with Crippen LogP contribution in [0.4, 0.5) is 0 Å². The molecule has 142 valence electrons. The summed E-state index contributed by atoms with van der Waals surface area (Å²) < 4.78 is 6.23. The Morgan fingerprint density at radius 2 is 1.38 bits per heavy atom. The second-order valence-corrected chi connectivity index (χ2v) is 5.89. The summed E-state index contributed by atoms with van der Waals surface area (Å²) in [4.78, 5) is 1.31. The van der Waals surface area contributed by atoms with E-state index in [1.807, 2.05) is 33.8 Å². The van der Waals surface area contributed by atoms with E-state index in [1.165, 1.54) is 21.4 Å². The zero-order valence-electron chi connectivity index (χ0n) is 16.9. The average molecular weight is 375 g/mol. The molecule has 4 aromatic heterocycles. The molecule has 0 aliphatic heterocycles. The first-order valence-corrected chi connectivity index (χ1v) is 9.87. The average Bonchev–Trinajstić information content (AvgIpc) is 3.31. The molecule has 0 bridgehead atoms. The second-order valence-electron chi connectivity index (χ2n) is 4.60. The van der Waals surface area contributed by atoms with E-state index in [-0.39, 0.29) is 0 Å². The van der Waals surface area contributed by atoms with E-state index in [4.69, 9.17) is 4.42 Å². The van der Waals surface area contributed by atoms with E-state index in [0.29, 0.717) is 0 Å². The van der Waals surface area contributed by atoms with Gasteiger partial charge in [-0.25, -0.2) is 0 Å². The smallest absolute Gasteiger partial charge is 0.155 e. The van der Waals surface area contributed by atoms with Crippen molar-refractivity contribution in [2.45, 2.75) is 54.9 Å². The third kappa shape index (κ3) is 8.16. The molecule has 4 aromatic rings. The number of hydrogen-bond donors (Lipinski definition) is 0. The van der Waals surface area contributed by atoms with Gasteiger partial charge in [-0.05, 0) is 19.1 Å². The number of furan rings is 1. The highest BCUT2D eigenvalue weighted by molar-refractivity contribution is 7.18. The first-order valence-electron chi connectivity index (χ1n) is 9.05. The van der Waals surface area contributed by atoms with Crippen molar-refractivity contribution in [2.24, 2.45) is 0 Å². The van der Waals surface area contributed by atoms with E-state index in [9.17, 15) is 0 Å². The van der Waals surface area contributed by atoms with Crippen molar-refractivity contribution in [3.05, 3.63) is 48.1 Å². The monoisotopic (exact) mass is 374 g/mol. The van der Waals surface area contributed by atoms with Crippen LogP contribution < -0.4 is 0 Å². The molecule has 0 fully saturated rings. The molecule has 0 N–H and O–H groups in total. The minimum atomic E-state index is 0.782. The predicted octanol–water partition coefficient (Wildman–Crippen LogP) is 6.69. The number of nitrogens with zero attached hydrogens (tertiary/aromatic N) is 4. The van der Waals surface area contributed by atoms with E-state index < -0.39 is 0 Å². The van der Waals surface area contributed by atoms with Gasteiger partial charge in [0.25, 0.3) is 0 Å². The summed E-state index contributed by atoms with van der Waals surface area (Å²) >= 11 is 1.75. The van der Waals surface area contributed by atoms with Crippen molar-refractivity contribution in [2.75, 3.05) is 0 Å². The van der Waals surface area contributed by atoms with Crippen LogP contribution in [0.25, 0.3) is 21.1 Å². The van der Waals surface area contributed by atoms with Gasteiger partial charge in [-0.2, -0.15) is 20.4 Å². The Morgan fingerprint density at radius 1 is 0.846 bits per heavy atom. The number of aromatic nitrogens is 4. The van der Waals surface area contributed by atoms with Crippen molar-refractivity contribution in [3.63, 3.8) is 0 Å². The maximum atomic E-state index is 5.02. The maximum Gasteiger partial charge on any atom is 0.155 e. The van der Waals surface area contributed by atoms with Crippen LogP contribution in [0.1, 0.15) is 52.8 Å². The predicted molar refractivity (Wildman–Crippen MR) is 113 cm³/mol. The van der Waals surface area contributed by atoms with Crippen LogP contribution in [0.2, 0.25) is 0 Å². The van der Waals surface area contributed by atoms with Gasteiger partial charge in [0.05, 0.1) is 35.8 Å². The normalized spacial score (nSPS) is 8.73. The summed E-state index contributed by atoms with van der Waals surface area (Å²) in [6, 6.07) is 3.97. The number of thiophene rings is 1. The fourth-order valence-corrected chi connectivity index (χ4v) is 2.52. The first kappa shape index (κ1) is 23.7. The molecule has 4 heterocycles. The summed E-state index contributed by atoms with van der Waals surface area (Å²) in [6.45, 7) is 14.3. The maximum absolute atomic E-state index is 5.02. The molecule has 0 aliphatic carbocycles. The zero-order valence-corrected chi connectivity index (χ0v) is 17.7. The van der Waals surface area contributed by atoms with Crippen molar-refractivity contribution >= 4 is 32.4 Å². The number of hydrogen-bond acceptors (Lipinski definition) is 6. The highest BCUT2D eigenvalue weighted by Gasteiger charge is 1.95. The van der Waals surface area contributed by atoms with Crippen molar-refractivity contribution in [3.8, 4) is 0 Å². The molecule has 0 aliphatic rings. The fraction of sp³-hybridized carbons (Fsp3) is 0.400. The van der Waals surface area contributed by atoms with Gasteiger partial charge in [0.1, 0.15) is 0 Å². The Hall–Kier alpha value is -2.34. The zero-order chi connectivity index (χ0) is 19.8. The molecule has 0 aromatic carbocycles. The van der Waals surface area contributed by atoms with Crippen LogP contribution in [0.5, 0.6) is 0 Å². The standard InChI is InChI=1S/C7H6N2S.C6H4N2O.C3H8.2C2H6/c1-5-2-6-3-8-9-4-7(6)10-5;1-2-9-6-4-8-7-3-5(1)6;1-3-2;2*1-2/h2-4H,1H3;1-4H;3H2,1-2H3;2*1-2H3. The molecule has 26 heavy (non-hydrogen) atoms. The Bertz CT molecular complexity index is 763. The van der Waals surface area contributed by atoms with Crippen LogP contribution in [-0.2, 0) is 0 Å². The lowest BCUT2D eigenvalue weighted by molar-refractivity contribution is 0.613. The van der Waals surface area contributed by atoms with Gasteiger partial charge in [-0.3, -0.25) is 0 Å². The molecule has 4 rings (SSSR count). The van der Waals surface area contributed by atoms with Gasteiger partial charge in [-0.1, -0.05) is 48.0 Å². The van der Waals surface area contributed by atoms with Crippen molar-refractivity contribution < 1.29 is 4.42 Å². The summed E-state index contributed by atoms with van der Waals surface area (Å²) in [5.41, 5.74) is 0.782. The quantitative estimate of drug-likeness (QED) is 0.343. The Balaban J connectivity index is 0.000000362. The van der Waals surface area contributed by atoms with E-state index in [2.05, 4.69) is 47.2 Å². The first-order chi connectivity index (χ1) is 12.7. The van der Waals surface area contributed by atoms with Crippen molar-refractivity contribution in [1.82, 2.24) is 20.4 Å². The van der Waals surface area contributed by atoms with E-state index in [1.54, 1.807) is 42.4 Å². The van der Waals surface area contributed by atoms with Gasteiger partial charge >= 0.3 is 0 Å². The minimum Gasteiger partial charge on any atom is -0.463 e. The van der Waals surface area contributed by atoms with E-state index in [0.717, 1.165) is 11.0 Å². The SMILES string of the molecule is CC.CC.CCC.Cc1cc2cnncc2s1.c1cc2cnncc2o1. The molecule has 0 amide bonds. The molecule has 0 unspecified atom stereocenters. The van der Waals surface area contributed by atoms with Crippen LogP contribution in [-0.4, -0.2) is 20.4 Å². The van der Waals surface area contributed by atoms with Crippen LogP contribution in [0.3, 0.4) is 0 Å². The van der Waals surface area contributed by atoms with Crippen LogP contribution >= 0.6 is 11.3 Å². The second kappa shape index (κ2) is 15.0. The highest BCUT2D eigenvalue weighted by Crippen LogP contribution is 2.22. The lowest BCUT2D eigenvalue weighted by atomic mass is 10.3. The third-order valence-electron chi connectivity index (χ3n) is 2.52. The van der Waals surface area contributed by atoms with Gasteiger partial charge in [-0.15, -0.1) is 11.3 Å². The minimum absolute atomic E-state index is 0.782. The van der Waals surface area contributed by atoms with E-state index >= 15 is 0 Å². The van der Waals surface area contributed by atoms with Crippen LogP contribution in [0.15, 0.2) is 47.6 Å².